The van der Waals surface area contributed by atoms with Crippen LogP contribution in [0.1, 0.15) is 24.1 Å². The third-order valence-corrected chi connectivity index (χ3v) is 2.93. The number of aryl methyl sites for hydroxylation is 1. The van der Waals surface area contributed by atoms with Crippen LogP contribution in [0.5, 0.6) is 5.75 Å². The van der Waals surface area contributed by atoms with Crippen molar-refractivity contribution in [3.8, 4) is 5.75 Å². The molecule has 1 aromatic rings. The van der Waals surface area contributed by atoms with Crippen molar-refractivity contribution >= 4 is 0 Å². The Balaban J connectivity index is 3.02. The first kappa shape index (κ1) is 16.7. The topological polar surface area (TPSA) is 21.3 Å². The fourth-order valence-electron chi connectivity index (χ4n) is 1.53. The molecule has 0 saturated carbocycles. The van der Waals surface area contributed by atoms with E-state index >= 15 is 0 Å². The zero-order chi connectivity index (χ0) is 15.5. The molecule has 20 heavy (non-hydrogen) atoms. The number of alkyl halides is 4. The fraction of sp³-hybridized carbons (Fsp3) is 0.538. The normalized spacial score (nSPS) is 13.7. The van der Waals surface area contributed by atoms with E-state index in [2.05, 4.69) is 5.32 Å². The summed E-state index contributed by atoms with van der Waals surface area (Å²) in [6, 6.07) is 1.99. The fourth-order valence-corrected chi connectivity index (χ4v) is 1.53. The van der Waals surface area contributed by atoms with Crippen LogP contribution in [0.3, 0.4) is 0 Å². The summed E-state index contributed by atoms with van der Waals surface area (Å²) in [5, 5.41) is 2.81. The average molecular weight is 297 g/mol. The minimum atomic E-state index is -4.25. The first-order valence-corrected chi connectivity index (χ1v) is 5.95. The van der Waals surface area contributed by atoms with Gasteiger partial charge < -0.3 is 10.1 Å². The van der Waals surface area contributed by atoms with Gasteiger partial charge >= 0.3 is 12.3 Å². The van der Waals surface area contributed by atoms with E-state index in [0.29, 0.717) is 5.56 Å². The highest BCUT2D eigenvalue weighted by Crippen LogP contribution is 2.30. The zero-order valence-corrected chi connectivity index (χ0v) is 11.3. The molecule has 0 aliphatic carbocycles. The van der Waals surface area contributed by atoms with Gasteiger partial charge in [-0.2, -0.15) is 8.78 Å². The summed E-state index contributed by atoms with van der Waals surface area (Å²) < 4.78 is 68.2. The SMILES string of the molecule is CNC(C)c1cc(F)c(C)cc1OCC(F)(F)C(F)F. The predicted molar refractivity (Wildman–Crippen MR) is 65.1 cm³/mol. The number of ether oxygens (including phenoxy) is 1. The molecule has 0 aliphatic heterocycles. The van der Waals surface area contributed by atoms with Gasteiger partial charge in [0.15, 0.2) is 6.61 Å². The summed E-state index contributed by atoms with van der Waals surface area (Å²) in [7, 11) is 1.60. The summed E-state index contributed by atoms with van der Waals surface area (Å²) >= 11 is 0. The molecule has 0 bridgehead atoms. The van der Waals surface area contributed by atoms with E-state index in [0.717, 1.165) is 6.07 Å². The molecule has 0 amide bonds. The maximum absolute atomic E-state index is 13.5. The number of rotatable bonds is 6. The summed E-state index contributed by atoms with van der Waals surface area (Å²) in [5.74, 6) is -4.80. The second-order valence-electron chi connectivity index (χ2n) is 4.50. The Morgan fingerprint density at radius 1 is 1.30 bits per heavy atom. The van der Waals surface area contributed by atoms with E-state index in [9.17, 15) is 22.0 Å². The molecule has 1 atom stereocenters. The van der Waals surface area contributed by atoms with Crippen molar-refractivity contribution < 1.29 is 26.7 Å². The third-order valence-electron chi connectivity index (χ3n) is 2.93. The van der Waals surface area contributed by atoms with Gasteiger partial charge in [0.2, 0.25) is 0 Å². The molecule has 0 heterocycles. The molecule has 0 spiro atoms. The van der Waals surface area contributed by atoms with Gasteiger partial charge in [-0.15, -0.1) is 0 Å². The number of hydrogen-bond donors (Lipinski definition) is 1. The largest absolute Gasteiger partial charge is 0.487 e. The van der Waals surface area contributed by atoms with Crippen molar-refractivity contribution in [3.05, 3.63) is 29.1 Å². The van der Waals surface area contributed by atoms with Gasteiger partial charge in [-0.25, -0.2) is 13.2 Å². The average Bonchev–Trinajstić information content (AvgIpc) is 2.38. The van der Waals surface area contributed by atoms with Gasteiger partial charge in [0, 0.05) is 11.6 Å². The predicted octanol–water partition coefficient (Wildman–Crippen LogP) is 3.69. The standard InChI is InChI=1S/C13H16F5NO/c1-7-4-11(20-6-13(17,18)12(15)16)9(5-10(7)14)8(2)19-3/h4-5,8,12,19H,6H2,1-3H3. The molecule has 1 N–H and O–H groups in total. The minimum absolute atomic E-state index is 0.0360. The molecule has 0 radical (unpaired) electrons. The Kier molecular flexibility index (Phi) is 5.33. The molecule has 114 valence electrons. The quantitative estimate of drug-likeness (QED) is 0.809. The third kappa shape index (κ3) is 3.82. The van der Waals surface area contributed by atoms with Crippen LogP contribution in [-0.4, -0.2) is 26.0 Å². The van der Waals surface area contributed by atoms with Crippen LogP contribution in [-0.2, 0) is 0 Å². The van der Waals surface area contributed by atoms with Gasteiger partial charge in [-0.1, -0.05) is 0 Å². The van der Waals surface area contributed by atoms with Gasteiger partial charge in [0.1, 0.15) is 11.6 Å². The Bertz CT molecular complexity index is 464. The Hall–Kier alpha value is -1.37. The van der Waals surface area contributed by atoms with Crippen LogP contribution in [0.2, 0.25) is 0 Å². The molecule has 7 heteroatoms. The molecule has 1 rings (SSSR count). The van der Waals surface area contributed by atoms with E-state index < -0.39 is 24.8 Å². The van der Waals surface area contributed by atoms with Crippen molar-refractivity contribution in [1.29, 1.82) is 0 Å². The molecule has 1 aromatic carbocycles. The summed E-state index contributed by atoms with van der Waals surface area (Å²) in [6.07, 6.45) is -3.81. The summed E-state index contributed by atoms with van der Waals surface area (Å²) in [6.45, 7) is 1.64. The lowest BCUT2D eigenvalue weighted by molar-refractivity contribution is -0.148. The van der Waals surface area contributed by atoms with Crippen LogP contribution < -0.4 is 10.1 Å². The van der Waals surface area contributed by atoms with Crippen molar-refractivity contribution in [2.24, 2.45) is 0 Å². The minimum Gasteiger partial charge on any atom is -0.487 e. The van der Waals surface area contributed by atoms with E-state index in [1.54, 1.807) is 14.0 Å². The molecule has 0 fully saturated rings. The van der Waals surface area contributed by atoms with Gasteiger partial charge in [-0.3, -0.25) is 0 Å². The number of benzene rings is 1. The molecule has 1 unspecified atom stereocenters. The van der Waals surface area contributed by atoms with Crippen molar-refractivity contribution in [3.63, 3.8) is 0 Å². The highest BCUT2D eigenvalue weighted by molar-refractivity contribution is 5.40. The molecular formula is C13H16F5NO. The maximum Gasteiger partial charge on any atom is 0.340 e. The first-order chi connectivity index (χ1) is 9.19. The summed E-state index contributed by atoms with van der Waals surface area (Å²) in [5.41, 5.74) is 0.480. The van der Waals surface area contributed by atoms with Crippen molar-refractivity contribution in [2.45, 2.75) is 32.2 Å². The van der Waals surface area contributed by atoms with Gasteiger partial charge in [-0.05, 0) is 38.6 Å². The summed E-state index contributed by atoms with van der Waals surface area (Å²) in [4.78, 5) is 0. The second-order valence-corrected chi connectivity index (χ2v) is 4.50. The van der Waals surface area contributed by atoms with Gasteiger partial charge in [0.25, 0.3) is 0 Å². The first-order valence-electron chi connectivity index (χ1n) is 5.95. The lowest BCUT2D eigenvalue weighted by Gasteiger charge is -2.20. The molecule has 0 saturated heterocycles. The smallest absolute Gasteiger partial charge is 0.340 e. The Morgan fingerprint density at radius 2 is 1.90 bits per heavy atom. The number of halogens is 5. The lowest BCUT2D eigenvalue weighted by atomic mass is 10.0. The van der Waals surface area contributed by atoms with E-state index in [1.165, 1.54) is 13.0 Å². The molecule has 2 nitrogen and oxygen atoms in total. The van der Waals surface area contributed by atoms with E-state index in [1.807, 2.05) is 0 Å². The van der Waals surface area contributed by atoms with Crippen LogP contribution in [0.4, 0.5) is 22.0 Å². The van der Waals surface area contributed by atoms with Crippen molar-refractivity contribution in [1.82, 2.24) is 5.32 Å². The van der Waals surface area contributed by atoms with E-state index in [-0.39, 0.29) is 17.4 Å². The van der Waals surface area contributed by atoms with Crippen molar-refractivity contribution in [2.75, 3.05) is 13.7 Å². The van der Waals surface area contributed by atoms with Crippen LogP contribution >= 0.6 is 0 Å². The Morgan fingerprint density at radius 3 is 2.40 bits per heavy atom. The highest BCUT2D eigenvalue weighted by Gasteiger charge is 2.42. The van der Waals surface area contributed by atoms with Gasteiger partial charge in [0.05, 0.1) is 0 Å². The monoisotopic (exact) mass is 297 g/mol. The zero-order valence-electron chi connectivity index (χ0n) is 11.3. The van der Waals surface area contributed by atoms with E-state index in [4.69, 9.17) is 4.74 Å². The molecular weight excluding hydrogens is 281 g/mol. The van der Waals surface area contributed by atoms with Crippen LogP contribution in [0.15, 0.2) is 12.1 Å². The lowest BCUT2D eigenvalue weighted by Crippen LogP contribution is -2.34. The van der Waals surface area contributed by atoms with Crippen LogP contribution in [0, 0.1) is 12.7 Å². The molecule has 0 aliphatic rings. The highest BCUT2D eigenvalue weighted by atomic mass is 19.3. The van der Waals surface area contributed by atoms with Crippen LogP contribution in [0.25, 0.3) is 0 Å². The number of hydrogen-bond acceptors (Lipinski definition) is 2. The Labute approximate surface area is 113 Å². The second kappa shape index (κ2) is 6.39. The maximum atomic E-state index is 13.5. The number of nitrogens with one attached hydrogen (secondary N) is 1. The molecule has 0 aromatic heterocycles.